The molecule has 0 radical (unpaired) electrons. The molecular formula is C28H29N3O5. The predicted octanol–water partition coefficient (Wildman–Crippen LogP) is 3.68. The largest absolute Gasteiger partial charge is 0.468 e. The molecule has 0 N–H and O–H groups in total. The van der Waals surface area contributed by atoms with E-state index in [9.17, 15) is 19.6 Å². The smallest absolute Gasteiger partial charge is 0.307 e. The summed E-state index contributed by atoms with van der Waals surface area (Å²) in [6.07, 6.45) is 3.23. The topological polar surface area (TPSA) is 99.9 Å². The van der Waals surface area contributed by atoms with Gasteiger partial charge in [-0.2, -0.15) is 5.26 Å². The first kappa shape index (κ1) is 26.2. The summed E-state index contributed by atoms with van der Waals surface area (Å²) in [5.41, 5.74) is 0.140. The minimum absolute atomic E-state index is 0.0264. The molecule has 1 aliphatic heterocycles. The Hall–Kier alpha value is -4.38. The lowest BCUT2D eigenvalue weighted by molar-refractivity contribution is -0.143. The van der Waals surface area contributed by atoms with Crippen LogP contribution in [0.4, 0.5) is 5.69 Å². The van der Waals surface area contributed by atoms with Gasteiger partial charge in [-0.05, 0) is 36.8 Å². The Morgan fingerprint density at radius 2 is 1.94 bits per heavy atom. The number of nitriles is 1. The van der Waals surface area contributed by atoms with Gasteiger partial charge in [0.1, 0.15) is 18.4 Å². The van der Waals surface area contributed by atoms with Crippen LogP contribution >= 0.6 is 0 Å². The van der Waals surface area contributed by atoms with E-state index in [0.29, 0.717) is 5.69 Å². The highest BCUT2D eigenvalue weighted by molar-refractivity contribution is 6.10. The third kappa shape index (κ3) is 5.99. The van der Waals surface area contributed by atoms with Crippen molar-refractivity contribution >= 4 is 23.5 Å². The highest BCUT2D eigenvalue weighted by Gasteiger charge is 2.34. The molecule has 1 unspecified atom stereocenters. The number of esters is 1. The van der Waals surface area contributed by atoms with E-state index in [1.807, 2.05) is 30.3 Å². The van der Waals surface area contributed by atoms with Gasteiger partial charge >= 0.3 is 5.97 Å². The fraction of sp³-hybridized carbons (Fsp3) is 0.286. The number of nitrogens with zero attached hydrogens (tertiary/aromatic N) is 3. The number of ether oxygens (including phenoxy) is 2. The monoisotopic (exact) mass is 487 g/mol. The van der Waals surface area contributed by atoms with Gasteiger partial charge in [0.05, 0.1) is 24.3 Å². The molecule has 0 aliphatic carbocycles. The predicted molar refractivity (Wildman–Crippen MR) is 135 cm³/mol. The number of anilines is 1. The summed E-state index contributed by atoms with van der Waals surface area (Å²) in [5.74, 6) is -0.907. The molecule has 0 saturated carbocycles. The van der Waals surface area contributed by atoms with Crippen LogP contribution in [0.25, 0.3) is 0 Å². The van der Waals surface area contributed by atoms with Crippen molar-refractivity contribution in [2.75, 3.05) is 31.1 Å². The van der Waals surface area contributed by atoms with Gasteiger partial charge < -0.3 is 19.3 Å². The molecule has 8 nitrogen and oxygen atoms in total. The Labute approximate surface area is 211 Å². The molecule has 0 spiro atoms. The molecule has 36 heavy (non-hydrogen) atoms. The fourth-order valence-electron chi connectivity index (χ4n) is 3.95. The van der Waals surface area contributed by atoms with Crippen molar-refractivity contribution in [2.45, 2.75) is 25.4 Å². The van der Waals surface area contributed by atoms with Crippen molar-refractivity contribution in [1.29, 1.82) is 5.26 Å². The zero-order valence-corrected chi connectivity index (χ0v) is 20.3. The number of fused-ring (bicyclic) bond motifs is 1. The van der Waals surface area contributed by atoms with E-state index in [1.54, 1.807) is 25.1 Å². The van der Waals surface area contributed by atoms with Crippen LogP contribution in [0.2, 0.25) is 0 Å². The second-order valence-electron chi connectivity index (χ2n) is 8.22. The van der Waals surface area contributed by atoms with Crippen molar-refractivity contribution in [3.63, 3.8) is 0 Å². The zero-order chi connectivity index (χ0) is 26.1. The van der Waals surface area contributed by atoms with Crippen LogP contribution in [0.15, 0.2) is 73.8 Å². The van der Waals surface area contributed by atoms with Gasteiger partial charge in [-0.3, -0.25) is 14.4 Å². The van der Waals surface area contributed by atoms with Crippen molar-refractivity contribution in [3.8, 4) is 11.8 Å². The quantitative estimate of drug-likeness (QED) is 0.354. The third-order valence-corrected chi connectivity index (χ3v) is 5.73. The molecule has 1 heterocycles. The van der Waals surface area contributed by atoms with Crippen LogP contribution < -0.4 is 9.64 Å². The first-order chi connectivity index (χ1) is 17.4. The molecule has 2 amide bonds. The van der Waals surface area contributed by atoms with Gasteiger partial charge in [-0.25, -0.2) is 0 Å². The lowest BCUT2D eigenvalue weighted by atomic mass is 9.95. The molecular weight excluding hydrogens is 458 g/mol. The molecule has 1 aliphatic rings. The molecule has 0 aromatic heterocycles. The SMILES string of the molecule is C=CCN1C(=O)CN(CCC(=O)OCC)C(=O)c2cc(OC(C#N)(C=C)Cc3ccccc3)ccc21. The number of benzene rings is 2. The standard InChI is InChI=1S/C28H29N3O5/c1-4-15-31-24-13-12-22(36-28(5-2,20-29)18-21-10-8-7-9-11-21)17-23(24)27(34)30(19-25(31)32)16-14-26(33)35-6-3/h4-5,7-13,17H,1-2,6,14-16,18-19H2,3H3. The van der Waals surface area contributed by atoms with E-state index in [-0.39, 0.29) is 56.3 Å². The van der Waals surface area contributed by atoms with E-state index in [4.69, 9.17) is 9.47 Å². The van der Waals surface area contributed by atoms with Crippen LogP contribution in [0.1, 0.15) is 29.3 Å². The summed E-state index contributed by atoms with van der Waals surface area (Å²) in [4.78, 5) is 41.1. The van der Waals surface area contributed by atoms with Crippen molar-refractivity contribution in [1.82, 2.24) is 4.90 Å². The summed E-state index contributed by atoms with van der Waals surface area (Å²) in [5, 5.41) is 9.96. The van der Waals surface area contributed by atoms with Crippen LogP contribution in [0.3, 0.4) is 0 Å². The zero-order valence-electron chi connectivity index (χ0n) is 20.3. The maximum atomic E-state index is 13.5. The molecule has 0 saturated heterocycles. The number of carbonyl (C=O) groups excluding carboxylic acids is 3. The Bertz CT molecular complexity index is 1190. The maximum absolute atomic E-state index is 13.5. The Morgan fingerprint density at radius 1 is 1.19 bits per heavy atom. The normalized spacial score (nSPS) is 14.7. The van der Waals surface area contributed by atoms with Crippen LogP contribution in [-0.2, 0) is 20.7 Å². The molecule has 0 bridgehead atoms. The van der Waals surface area contributed by atoms with Gasteiger partial charge in [-0.15, -0.1) is 6.58 Å². The van der Waals surface area contributed by atoms with E-state index >= 15 is 0 Å². The molecule has 8 heteroatoms. The van der Waals surface area contributed by atoms with Gasteiger partial charge in [-0.1, -0.05) is 43.0 Å². The number of carbonyl (C=O) groups is 3. The van der Waals surface area contributed by atoms with E-state index in [0.717, 1.165) is 5.56 Å². The molecule has 2 aromatic carbocycles. The summed E-state index contributed by atoms with van der Waals surface area (Å²) >= 11 is 0. The lowest BCUT2D eigenvalue weighted by Crippen LogP contribution is -2.40. The lowest BCUT2D eigenvalue weighted by Gasteiger charge is -2.26. The number of hydrogen-bond donors (Lipinski definition) is 0. The number of hydrogen-bond acceptors (Lipinski definition) is 6. The minimum Gasteiger partial charge on any atom is -0.468 e. The van der Waals surface area contributed by atoms with E-state index in [2.05, 4.69) is 19.2 Å². The summed E-state index contributed by atoms with van der Waals surface area (Å²) in [6.45, 7) is 9.48. The Morgan fingerprint density at radius 3 is 2.58 bits per heavy atom. The average molecular weight is 488 g/mol. The Balaban J connectivity index is 1.96. The van der Waals surface area contributed by atoms with E-state index in [1.165, 1.54) is 21.9 Å². The second kappa shape index (κ2) is 11.8. The molecule has 0 fully saturated rings. The second-order valence-corrected chi connectivity index (χ2v) is 8.22. The molecule has 186 valence electrons. The van der Waals surface area contributed by atoms with Gasteiger partial charge in [0.25, 0.3) is 5.91 Å². The third-order valence-electron chi connectivity index (χ3n) is 5.73. The van der Waals surface area contributed by atoms with Gasteiger partial charge in [0.15, 0.2) is 0 Å². The van der Waals surface area contributed by atoms with Gasteiger partial charge in [0.2, 0.25) is 11.5 Å². The van der Waals surface area contributed by atoms with Crippen molar-refractivity contribution in [3.05, 3.63) is 85.0 Å². The molecule has 3 rings (SSSR count). The molecule has 2 aromatic rings. The Kier molecular flexibility index (Phi) is 8.63. The van der Waals surface area contributed by atoms with Crippen LogP contribution in [0, 0.1) is 11.3 Å². The first-order valence-electron chi connectivity index (χ1n) is 11.6. The average Bonchev–Trinajstić information content (AvgIpc) is 2.98. The summed E-state index contributed by atoms with van der Waals surface area (Å²) in [6, 6.07) is 16.3. The minimum atomic E-state index is -1.37. The first-order valence-corrected chi connectivity index (χ1v) is 11.6. The van der Waals surface area contributed by atoms with Crippen LogP contribution in [0.5, 0.6) is 5.75 Å². The number of rotatable bonds is 11. The maximum Gasteiger partial charge on any atom is 0.307 e. The highest BCUT2D eigenvalue weighted by atomic mass is 16.5. The van der Waals surface area contributed by atoms with Gasteiger partial charge in [0, 0.05) is 19.5 Å². The van der Waals surface area contributed by atoms with Crippen LogP contribution in [-0.4, -0.2) is 54.5 Å². The summed E-state index contributed by atoms with van der Waals surface area (Å²) in [7, 11) is 0. The van der Waals surface area contributed by atoms with Crippen molar-refractivity contribution < 1.29 is 23.9 Å². The highest BCUT2D eigenvalue weighted by Crippen LogP contribution is 2.32. The van der Waals surface area contributed by atoms with Crippen molar-refractivity contribution in [2.24, 2.45) is 0 Å². The number of amides is 2. The molecule has 1 atom stereocenters. The fourth-order valence-corrected chi connectivity index (χ4v) is 3.95. The summed E-state index contributed by atoms with van der Waals surface area (Å²) < 4.78 is 11.1. The van der Waals surface area contributed by atoms with E-state index < -0.39 is 17.5 Å².